The minimum atomic E-state index is -0.508. The fourth-order valence-electron chi connectivity index (χ4n) is 2.21. The van der Waals surface area contributed by atoms with Gasteiger partial charge < -0.3 is 10.1 Å². The summed E-state index contributed by atoms with van der Waals surface area (Å²) in [4.78, 5) is 15.5. The SMILES string of the molecule is Cl.Cl.O=C1Nc2ncccc2C2(CCNC2)O1. The van der Waals surface area contributed by atoms with Crippen molar-refractivity contribution in [1.82, 2.24) is 10.3 Å². The van der Waals surface area contributed by atoms with Gasteiger partial charge in [-0.15, -0.1) is 24.8 Å². The predicted octanol–water partition coefficient (Wildman–Crippen LogP) is 1.68. The maximum atomic E-state index is 11.4. The third-order valence-electron chi connectivity index (χ3n) is 2.92. The van der Waals surface area contributed by atoms with Gasteiger partial charge in [-0.05, 0) is 18.7 Å². The van der Waals surface area contributed by atoms with Gasteiger partial charge in [0.05, 0.1) is 0 Å². The highest BCUT2D eigenvalue weighted by atomic mass is 35.5. The van der Waals surface area contributed by atoms with Gasteiger partial charge in [-0.25, -0.2) is 9.78 Å². The van der Waals surface area contributed by atoms with Crippen LogP contribution in [0.1, 0.15) is 12.0 Å². The number of hydrogen-bond acceptors (Lipinski definition) is 4. The summed E-state index contributed by atoms with van der Waals surface area (Å²) in [5, 5.41) is 5.82. The molecule has 3 rings (SSSR count). The van der Waals surface area contributed by atoms with E-state index in [1.165, 1.54) is 0 Å². The molecule has 1 aromatic rings. The molecule has 1 unspecified atom stereocenters. The molecule has 2 N–H and O–H groups in total. The lowest BCUT2D eigenvalue weighted by Crippen LogP contribution is -2.41. The number of fused-ring (bicyclic) bond motifs is 2. The van der Waals surface area contributed by atoms with Gasteiger partial charge in [-0.1, -0.05) is 0 Å². The molecule has 5 nitrogen and oxygen atoms in total. The average molecular weight is 278 g/mol. The highest BCUT2D eigenvalue weighted by Crippen LogP contribution is 2.38. The zero-order valence-electron chi connectivity index (χ0n) is 8.93. The summed E-state index contributed by atoms with van der Waals surface area (Å²) in [5.74, 6) is 0.623. The van der Waals surface area contributed by atoms with Crippen LogP contribution < -0.4 is 10.6 Å². The van der Waals surface area contributed by atoms with Gasteiger partial charge in [-0.3, -0.25) is 5.32 Å². The van der Waals surface area contributed by atoms with Crippen LogP contribution in [0.15, 0.2) is 18.3 Å². The Kier molecular flexibility index (Phi) is 4.19. The first-order valence-electron chi connectivity index (χ1n) is 4.96. The standard InChI is InChI=1S/C10H11N3O2.2ClH/c14-9-13-8-7(2-1-4-12-8)10(15-9)3-5-11-6-10;;/h1-2,4,11H,3,5-6H2,(H,12,13,14);2*1H. The van der Waals surface area contributed by atoms with Crippen molar-refractivity contribution in [3.63, 3.8) is 0 Å². The Morgan fingerprint density at radius 2 is 2.24 bits per heavy atom. The minimum absolute atomic E-state index is 0. The van der Waals surface area contributed by atoms with Crippen LogP contribution in [0, 0.1) is 0 Å². The maximum Gasteiger partial charge on any atom is 0.413 e. The van der Waals surface area contributed by atoms with Crippen LogP contribution in [0.4, 0.5) is 10.6 Å². The lowest BCUT2D eigenvalue weighted by molar-refractivity contribution is 0.0273. The number of nitrogens with zero attached hydrogens (tertiary/aromatic N) is 1. The molecule has 1 atom stereocenters. The number of amides is 1. The number of pyridine rings is 1. The van der Waals surface area contributed by atoms with E-state index < -0.39 is 11.7 Å². The van der Waals surface area contributed by atoms with Crippen LogP contribution >= 0.6 is 24.8 Å². The first-order valence-corrected chi connectivity index (χ1v) is 4.96. The third-order valence-corrected chi connectivity index (χ3v) is 2.92. The Labute approximate surface area is 111 Å². The molecule has 2 aliphatic rings. The lowest BCUT2D eigenvalue weighted by atomic mass is 9.92. The van der Waals surface area contributed by atoms with E-state index in [0.29, 0.717) is 12.4 Å². The van der Waals surface area contributed by atoms with Gasteiger partial charge in [0.2, 0.25) is 0 Å². The Bertz CT molecular complexity index is 422. The van der Waals surface area contributed by atoms with Gasteiger partial charge in [0.15, 0.2) is 5.60 Å². The topological polar surface area (TPSA) is 63.2 Å². The summed E-state index contributed by atoms with van der Waals surface area (Å²) in [7, 11) is 0. The summed E-state index contributed by atoms with van der Waals surface area (Å²) in [6.07, 6.45) is 2.06. The van der Waals surface area contributed by atoms with E-state index in [-0.39, 0.29) is 24.8 Å². The van der Waals surface area contributed by atoms with Crippen LogP contribution in [-0.4, -0.2) is 24.2 Å². The number of ether oxygens (including phenoxy) is 1. The number of carbonyl (C=O) groups excluding carboxylic acids is 1. The Balaban J connectivity index is 0.000000722. The van der Waals surface area contributed by atoms with Gasteiger partial charge in [0.25, 0.3) is 0 Å². The lowest BCUT2D eigenvalue weighted by Gasteiger charge is -2.33. The molecule has 0 aromatic carbocycles. The summed E-state index contributed by atoms with van der Waals surface area (Å²) in [6.45, 7) is 1.53. The van der Waals surface area contributed by atoms with Gasteiger partial charge in [0, 0.05) is 24.7 Å². The fraction of sp³-hybridized carbons (Fsp3) is 0.400. The van der Waals surface area contributed by atoms with Crippen molar-refractivity contribution in [2.45, 2.75) is 12.0 Å². The molecule has 0 bridgehead atoms. The zero-order valence-corrected chi connectivity index (χ0v) is 10.6. The molecule has 3 heterocycles. The van der Waals surface area contributed by atoms with Crippen molar-refractivity contribution < 1.29 is 9.53 Å². The first-order chi connectivity index (χ1) is 7.30. The largest absolute Gasteiger partial charge is 0.436 e. The first kappa shape index (κ1) is 14.0. The highest BCUT2D eigenvalue weighted by molar-refractivity contribution is 5.87. The van der Waals surface area contributed by atoms with Crippen molar-refractivity contribution in [2.75, 3.05) is 18.4 Å². The molecular formula is C10H13Cl2N3O2. The molecule has 1 aromatic heterocycles. The molecule has 1 amide bonds. The van der Waals surface area contributed by atoms with Crippen LogP contribution in [0.25, 0.3) is 0 Å². The van der Waals surface area contributed by atoms with Crippen LogP contribution in [0.5, 0.6) is 0 Å². The quantitative estimate of drug-likeness (QED) is 0.758. The van der Waals surface area contributed by atoms with Crippen molar-refractivity contribution in [1.29, 1.82) is 0 Å². The maximum absolute atomic E-state index is 11.4. The van der Waals surface area contributed by atoms with E-state index in [9.17, 15) is 4.79 Å². The summed E-state index contributed by atoms with van der Waals surface area (Å²) < 4.78 is 5.41. The smallest absolute Gasteiger partial charge is 0.413 e. The molecule has 0 saturated carbocycles. The Morgan fingerprint density at radius 1 is 1.41 bits per heavy atom. The number of aromatic nitrogens is 1. The molecule has 94 valence electrons. The highest BCUT2D eigenvalue weighted by Gasteiger charge is 2.44. The number of hydrogen-bond donors (Lipinski definition) is 2. The second-order valence-corrected chi connectivity index (χ2v) is 3.84. The molecule has 17 heavy (non-hydrogen) atoms. The molecule has 1 spiro atoms. The number of anilines is 1. The Hall–Kier alpha value is -1.04. The molecule has 1 fully saturated rings. The van der Waals surface area contributed by atoms with Gasteiger partial charge >= 0.3 is 6.09 Å². The third kappa shape index (κ3) is 2.18. The van der Waals surface area contributed by atoms with Crippen LogP contribution in [0.2, 0.25) is 0 Å². The fourth-order valence-corrected chi connectivity index (χ4v) is 2.21. The number of halogens is 2. The molecule has 0 aliphatic carbocycles. The average Bonchev–Trinajstić information content (AvgIpc) is 2.67. The zero-order chi connectivity index (χ0) is 10.3. The normalized spacial score (nSPS) is 25.1. The molecule has 7 heteroatoms. The number of rotatable bonds is 0. The van der Waals surface area contributed by atoms with Crippen molar-refractivity contribution in [3.05, 3.63) is 23.9 Å². The predicted molar refractivity (Wildman–Crippen MR) is 68.0 cm³/mol. The van der Waals surface area contributed by atoms with Crippen LogP contribution in [-0.2, 0) is 10.3 Å². The van der Waals surface area contributed by atoms with E-state index >= 15 is 0 Å². The second kappa shape index (κ2) is 5.08. The van der Waals surface area contributed by atoms with Gasteiger partial charge in [-0.2, -0.15) is 0 Å². The van der Waals surface area contributed by atoms with E-state index in [1.54, 1.807) is 6.20 Å². The number of nitrogens with one attached hydrogen (secondary N) is 2. The molecule has 0 radical (unpaired) electrons. The summed E-state index contributed by atoms with van der Waals surface area (Å²) >= 11 is 0. The van der Waals surface area contributed by atoms with E-state index in [4.69, 9.17) is 4.74 Å². The number of carbonyl (C=O) groups is 1. The summed E-state index contributed by atoms with van der Waals surface area (Å²) in [6, 6.07) is 3.81. The molecular weight excluding hydrogens is 265 g/mol. The van der Waals surface area contributed by atoms with Crippen molar-refractivity contribution >= 4 is 36.7 Å². The summed E-state index contributed by atoms with van der Waals surface area (Å²) in [5.41, 5.74) is 0.459. The molecule has 1 saturated heterocycles. The second-order valence-electron chi connectivity index (χ2n) is 3.84. The van der Waals surface area contributed by atoms with E-state index in [2.05, 4.69) is 15.6 Å². The van der Waals surface area contributed by atoms with Crippen molar-refractivity contribution in [2.24, 2.45) is 0 Å². The molecule has 2 aliphatic heterocycles. The van der Waals surface area contributed by atoms with E-state index in [1.807, 2.05) is 12.1 Å². The minimum Gasteiger partial charge on any atom is -0.436 e. The Morgan fingerprint density at radius 3 is 2.94 bits per heavy atom. The van der Waals surface area contributed by atoms with Crippen LogP contribution in [0.3, 0.4) is 0 Å². The van der Waals surface area contributed by atoms with Gasteiger partial charge in [0.1, 0.15) is 5.82 Å². The monoisotopic (exact) mass is 277 g/mol. The van der Waals surface area contributed by atoms with E-state index in [0.717, 1.165) is 18.5 Å². The van der Waals surface area contributed by atoms with Crippen molar-refractivity contribution in [3.8, 4) is 0 Å².